The minimum Gasteiger partial charge on any atom is -0.333 e. The number of nitrogens with zero attached hydrogens (tertiary/aromatic N) is 7. The Morgan fingerprint density at radius 2 is 0.675 bits per heavy atom. The lowest BCUT2D eigenvalue weighted by atomic mass is 10.1. The summed E-state index contributed by atoms with van der Waals surface area (Å²) >= 11 is 0. The summed E-state index contributed by atoms with van der Waals surface area (Å²) in [7, 11) is 0. The van der Waals surface area contributed by atoms with Gasteiger partial charge in [0, 0.05) is 12.1 Å². The Morgan fingerprint density at radius 3 is 0.875 bits per heavy atom. The van der Waals surface area contributed by atoms with Gasteiger partial charge in [-0.1, -0.05) is 18.2 Å². The van der Waals surface area contributed by atoms with E-state index in [1.54, 1.807) is 18.2 Å². The molecule has 0 aliphatic carbocycles. The van der Waals surface area contributed by atoms with Crippen molar-refractivity contribution >= 4 is 51.2 Å². The second-order valence-electron chi connectivity index (χ2n) is 6.98. The van der Waals surface area contributed by atoms with E-state index in [1.807, 2.05) is 5.32 Å². The fourth-order valence-corrected chi connectivity index (χ4v) is 2.91. The van der Waals surface area contributed by atoms with Crippen molar-refractivity contribution in [1.82, 2.24) is 0 Å². The molecule has 0 atom stereocenters. The Hall–Kier alpha value is -6.74. The van der Waals surface area contributed by atoms with Crippen molar-refractivity contribution in [2.75, 3.05) is 5.32 Å². The second kappa shape index (κ2) is 12.0. The van der Waals surface area contributed by atoms with Gasteiger partial charge >= 0.3 is 22.7 Å². The maximum absolute atomic E-state index is 11.3. The van der Waals surface area contributed by atoms with Crippen molar-refractivity contribution in [3.63, 3.8) is 0 Å². The Bertz CT molecular complexity index is 1410. The molecule has 40 heavy (non-hydrogen) atoms. The summed E-state index contributed by atoms with van der Waals surface area (Å²) in [5, 5.41) is 78.9. The largest absolute Gasteiger partial charge is 0.333 e. The van der Waals surface area contributed by atoms with Gasteiger partial charge in [-0.2, -0.15) is 0 Å². The third-order valence-electron chi connectivity index (χ3n) is 4.59. The van der Waals surface area contributed by atoms with Crippen LogP contribution in [-0.4, -0.2) is 34.5 Å². The number of para-hydroxylation sites is 1. The number of anilines is 2. The Kier molecular flexibility index (Phi) is 8.85. The number of non-ortho nitro benzene ring substituents is 3. The first-order valence-corrected chi connectivity index (χ1v) is 9.84. The molecule has 0 aliphatic rings. The highest BCUT2D eigenvalue weighted by Crippen LogP contribution is 2.45. The van der Waals surface area contributed by atoms with Gasteiger partial charge < -0.3 is 5.32 Å². The molecular formula is C18H10N8O14. The van der Waals surface area contributed by atoms with Gasteiger partial charge in [0.1, 0.15) is 0 Å². The van der Waals surface area contributed by atoms with Gasteiger partial charge in [0.15, 0.2) is 11.4 Å². The molecule has 0 saturated heterocycles. The number of nitrogens with one attached hydrogen (secondary N) is 1. The van der Waals surface area contributed by atoms with Gasteiger partial charge in [0.2, 0.25) is 0 Å². The van der Waals surface area contributed by atoms with Crippen LogP contribution in [0, 0.1) is 70.8 Å². The van der Waals surface area contributed by atoms with Gasteiger partial charge in [0.05, 0.1) is 58.7 Å². The lowest BCUT2D eigenvalue weighted by Gasteiger charge is -2.09. The van der Waals surface area contributed by atoms with Crippen LogP contribution < -0.4 is 5.32 Å². The topological polar surface area (TPSA) is 314 Å². The maximum atomic E-state index is 11.3. The summed E-state index contributed by atoms with van der Waals surface area (Å²) in [5.41, 5.74) is -9.52. The van der Waals surface area contributed by atoms with Crippen LogP contribution in [0.15, 0.2) is 54.6 Å². The number of nitro benzene ring substituents is 7. The molecule has 206 valence electrons. The van der Waals surface area contributed by atoms with E-state index in [1.165, 1.54) is 12.1 Å². The fraction of sp³-hybridized carbons (Fsp3) is 0. The van der Waals surface area contributed by atoms with Crippen molar-refractivity contribution in [2.45, 2.75) is 0 Å². The summed E-state index contributed by atoms with van der Waals surface area (Å²) in [4.78, 5) is 69.1. The van der Waals surface area contributed by atoms with Crippen molar-refractivity contribution in [3.8, 4) is 0 Å². The van der Waals surface area contributed by atoms with Crippen molar-refractivity contribution in [2.24, 2.45) is 0 Å². The van der Waals surface area contributed by atoms with Crippen LogP contribution >= 0.6 is 0 Å². The van der Waals surface area contributed by atoms with Gasteiger partial charge in [0.25, 0.3) is 17.1 Å². The molecule has 0 spiro atoms. The maximum Gasteiger partial charge on any atom is 0.306 e. The normalized spacial score (nSPS) is 9.90. The summed E-state index contributed by atoms with van der Waals surface area (Å²) in [6.07, 6.45) is 0. The van der Waals surface area contributed by atoms with E-state index in [0.717, 1.165) is 0 Å². The summed E-state index contributed by atoms with van der Waals surface area (Å²) in [5.74, 6) is 0. The van der Waals surface area contributed by atoms with E-state index >= 15 is 0 Å². The first-order valence-electron chi connectivity index (χ1n) is 9.84. The molecule has 22 heteroatoms. The molecule has 0 aliphatic heterocycles. The Labute approximate surface area is 217 Å². The number of hydrogen-bond donors (Lipinski definition) is 1. The lowest BCUT2D eigenvalue weighted by molar-refractivity contribution is -0.402. The zero-order valence-electron chi connectivity index (χ0n) is 19.0. The zero-order chi connectivity index (χ0) is 30.3. The minimum atomic E-state index is -1.30. The van der Waals surface area contributed by atoms with E-state index in [0.29, 0.717) is 24.3 Å². The molecule has 0 aromatic heterocycles. The van der Waals surface area contributed by atoms with E-state index in [4.69, 9.17) is 0 Å². The molecule has 3 aromatic carbocycles. The molecule has 0 saturated carbocycles. The molecule has 0 unspecified atom stereocenters. The van der Waals surface area contributed by atoms with Crippen LogP contribution in [0.5, 0.6) is 0 Å². The quantitative estimate of drug-likeness (QED) is 0.277. The van der Waals surface area contributed by atoms with E-state index in [2.05, 4.69) is 0 Å². The second-order valence-corrected chi connectivity index (χ2v) is 6.98. The van der Waals surface area contributed by atoms with Crippen LogP contribution in [-0.2, 0) is 0 Å². The van der Waals surface area contributed by atoms with Crippen molar-refractivity contribution < 1.29 is 34.5 Å². The standard InChI is InChI=1S/C12H5N7O12.C6H5NO2/c20-14(21)5-1-7(16(24)25)11(8(2-5)17(26)27)13-12-9(18(28)29)3-6(15(22)23)4-10(12)19(30)31;8-7(9)6-4-2-1-3-5-6/h1-4,13H;1-5H. The Balaban J connectivity index is 0.000000526. The van der Waals surface area contributed by atoms with E-state index < -0.39 is 80.0 Å². The molecule has 0 bridgehead atoms. The summed E-state index contributed by atoms with van der Waals surface area (Å²) in [6.45, 7) is 0. The van der Waals surface area contributed by atoms with Gasteiger partial charge in [-0.25, -0.2) is 0 Å². The van der Waals surface area contributed by atoms with Gasteiger partial charge in [-0.05, 0) is 0 Å². The smallest absolute Gasteiger partial charge is 0.306 e. The predicted molar refractivity (Wildman–Crippen MR) is 129 cm³/mol. The lowest BCUT2D eigenvalue weighted by Crippen LogP contribution is -2.07. The van der Waals surface area contributed by atoms with Crippen molar-refractivity contribution in [1.29, 1.82) is 0 Å². The van der Waals surface area contributed by atoms with Crippen LogP contribution in [0.25, 0.3) is 0 Å². The number of hydrogen-bond acceptors (Lipinski definition) is 15. The van der Waals surface area contributed by atoms with Crippen LogP contribution in [0.2, 0.25) is 0 Å². The number of benzene rings is 3. The minimum absolute atomic E-state index is 0.137. The third kappa shape index (κ3) is 6.72. The summed E-state index contributed by atoms with van der Waals surface area (Å²) < 4.78 is 0. The van der Waals surface area contributed by atoms with E-state index in [-0.39, 0.29) is 5.69 Å². The highest BCUT2D eigenvalue weighted by molar-refractivity contribution is 5.88. The number of nitro groups is 7. The molecule has 0 amide bonds. The molecule has 3 rings (SSSR count). The van der Waals surface area contributed by atoms with Gasteiger partial charge in [-0.15, -0.1) is 0 Å². The first-order chi connectivity index (χ1) is 18.6. The average molecular weight is 562 g/mol. The highest BCUT2D eigenvalue weighted by atomic mass is 16.7. The van der Waals surface area contributed by atoms with E-state index in [9.17, 15) is 70.8 Å². The highest BCUT2D eigenvalue weighted by Gasteiger charge is 2.36. The fourth-order valence-electron chi connectivity index (χ4n) is 2.91. The number of rotatable bonds is 9. The molecule has 0 heterocycles. The first kappa shape index (κ1) is 29.5. The molecule has 3 aromatic rings. The molecule has 0 radical (unpaired) electrons. The van der Waals surface area contributed by atoms with Crippen LogP contribution in [0.1, 0.15) is 0 Å². The molecule has 1 N–H and O–H groups in total. The predicted octanol–water partition coefficient (Wildman–Crippen LogP) is 4.47. The Morgan fingerprint density at radius 1 is 0.400 bits per heavy atom. The zero-order valence-corrected chi connectivity index (χ0v) is 19.0. The SMILES string of the molecule is O=[N+]([O-])c1cc([N+](=O)[O-])c(Nc2c([N+](=O)[O-])cc([N+](=O)[O-])cc2[N+](=O)[O-])c([N+](=O)[O-])c1.O=[N+]([O-])c1ccccc1. The molecule has 22 nitrogen and oxygen atoms in total. The average Bonchev–Trinajstić information content (AvgIpc) is 2.88. The van der Waals surface area contributed by atoms with Crippen LogP contribution in [0.4, 0.5) is 51.2 Å². The van der Waals surface area contributed by atoms with Crippen molar-refractivity contribution in [3.05, 3.63) is 125 Å². The van der Waals surface area contributed by atoms with Crippen LogP contribution in [0.3, 0.4) is 0 Å². The third-order valence-corrected chi connectivity index (χ3v) is 4.59. The molecule has 0 fully saturated rings. The summed E-state index contributed by atoms with van der Waals surface area (Å²) in [6, 6.07) is 9.09. The monoisotopic (exact) mass is 562 g/mol. The molecular weight excluding hydrogens is 552 g/mol. The van der Waals surface area contributed by atoms with Gasteiger partial charge in [-0.3, -0.25) is 70.8 Å².